The number of ether oxygens (including phenoxy) is 1. The first-order valence-electron chi connectivity index (χ1n) is 6.99. The maximum absolute atomic E-state index is 6.18. The van der Waals surface area contributed by atoms with Crippen LogP contribution in [0.4, 0.5) is 5.69 Å². The lowest BCUT2D eigenvalue weighted by Crippen LogP contribution is -2.39. The molecule has 1 unspecified atom stereocenters. The molecule has 0 fully saturated rings. The van der Waals surface area contributed by atoms with Crippen molar-refractivity contribution in [1.82, 2.24) is 0 Å². The molecule has 2 aromatic carbocycles. The number of hydrogen-bond acceptors (Lipinski definition) is 2. The average molecular weight is 303 g/mol. The van der Waals surface area contributed by atoms with E-state index in [-0.39, 0.29) is 0 Å². The van der Waals surface area contributed by atoms with E-state index in [9.17, 15) is 0 Å². The van der Waals surface area contributed by atoms with Gasteiger partial charge in [0.25, 0.3) is 6.02 Å². The molecule has 108 valence electrons. The zero-order valence-corrected chi connectivity index (χ0v) is 12.8. The van der Waals surface area contributed by atoms with Crippen LogP contribution in [0, 0.1) is 0 Å². The lowest BCUT2D eigenvalue weighted by Gasteiger charge is -2.38. The smallest absolute Gasteiger partial charge is 0.290 e. The third-order valence-electron chi connectivity index (χ3n) is 3.66. The summed E-state index contributed by atoms with van der Waals surface area (Å²) < 4.78 is 6.16. The van der Waals surface area contributed by atoms with Crippen LogP contribution in [0.25, 0.3) is 0 Å². The van der Waals surface area contributed by atoms with Gasteiger partial charge in [-0.05, 0) is 37.6 Å². The molecule has 0 saturated carbocycles. The Hall–Kier alpha value is -2.00. The van der Waals surface area contributed by atoms with Crippen molar-refractivity contribution in [2.75, 3.05) is 11.9 Å². The summed E-state index contributed by atoms with van der Waals surface area (Å²) in [4.78, 5) is 4.38. The quantitative estimate of drug-likeness (QED) is 0.891. The van der Waals surface area contributed by atoms with Crippen LogP contribution in [0.3, 0.4) is 0 Å². The topological polar surface area (TPSA) is 33.6 Å². The molecule has 21 heavy (non-hydrogen) atoms. The molecule has 1 aliphatic rings. The number of nitrogens with zero attached hydrogens (tertiary/aromatic N) is 1. The molecule has 1 aliphatic heterocycles. The second-order valence-corrected chi connectivity index (χ2v) is 5.53. The third kappa shape index (κ3) is 2.49. The fourth-order valence-electron chi connectivity index (χ4n) is 2.60. The van der Waals surface area contributed by atoms with Gasteiger partial charge in [-0.3, -0.25) is 0 Å². The second-order valence-electron chi connectivity index (χ2n) is 5.10. The van der Waals surface area contributed by atoms with Crippen molar-refractivity contribution in [3.05, 3.63) is 64.7 Å². The van der Waals surface area contributed by atoms with Crippen molar-refractivity contribution in [2.45, 2.75) is 19.4 Å². The Morgan fingerprint density at radius 1 is 1.19 bits per heavy atom. The number of rotatable bonds is 2. The maximum Gasteiger partial charge on any atom is 0.290 e. The number of hydrogen-bond donors (Lipinski definition) is 1. The van der Waals surface area contributed by atoms with E-state index in [2.05, 4.69) is 22.4 Å². The summed E-state index contributed by atoms with van der Waals surface area (Å²) >= 11 is 6.18. The zero-order valence-electron chi connectivity index (χ0n) is 12.1. The Labute approximate surface area is 129 Å². The molecule has 4 heteroatoms. The monoisotopic (exact) mass is 302 g/mol. The second kappa shape index (κ2) is 5.41. The van der Waals surface area contributed by atoms with Crippen LogP contribution in [0.1, 0.15) is 25.0 Å². The highest BCUT2D eigenvalue weighted by atomic mass is 35.5. The molecule has 0 spiro atoms. The SMILES string of the molecule is CCN=C1Nc2ccc(Cl)cc2[14C](C)(c2ccccc2)O1. The van der Waals surface area contributed by atoms with Crippen molar-refractivity contribution < 1.29 is 4.74 Å². The van der Waals surface area contributed by atoms with Crippen LogP contribution >= 0.6 is 11.6 Å². The number of benzene rings is 2. The zero-order chi connectivity index (χ0) is 14.9. The fraction of sp³-hybridized carbons (Fsp3) is 0.235. The van der Waals surface area contributed by atoms with E-state index in [4.69, 9.17) is 16.3 Å². The van der Waals surface area contributed by atoms with E-state index in [1.165, 1.54) is 0 Å². The average Bonchev–Trinajstić information content (AvgIpc) is 2.49. The molecule has 1 N–H and O–H groups in total. The van der Waals surface area contributed by atoms with E-state index in [0.29, 0.717) is 17.6 Å². The van der Waals surface area contributed by atoms with Crippen molar-refractivity contribution in [3.63, 3.8) is 0 Å². The number of nitrogens with one attached hydrogen (secondary N) is 1. The van der Waals surface area contributed by atoms with Gasteiger partial charge in [0.1, 0.15) is 0 Å². The van der Waals surface area contributed by atoms with Gasteiger partial charge in [0.15, 0.2) is 5.60 Å². The van der Waals surface area contributed by atoms with Gasteiger partial charge in [-0.1, -0.05) is 41.9 Å². The van der Waals surface area contributed by atoms with Crippen LogP contribution in [0.15, 0.2) is 53.5 Å². The molecular weight excluding hydrogens is 286 g/mol. The minimum atomic E-state index is -0.610. The van der Waals surface area contributed by atoms with Gasteiger partial charge in [0.05, 0.1) is 0 Å². The molecule has 2 aromatic rings. The van der Waals surface area contributed by atoms with Gasteiger partial charge in [-0.15, -0.1) is 0 Å². The Morgan fingerprint density at radius 2 is 1.95 bits per heavy atom. The van der Waals surface area contributed by atoms with Crippen molar-refractivity contribution in [3.8, 4) is 0 Å². The summed E-state index contributed by atoms with van der Waals surface area (Å²) in [5.74, 6) is 0. The molecule has 0 aromatic heterocycles. The molecule has 3 rings (SSSR count). The molecule has 1 heterocycles. The van der Waals surface area contributed by atoms with Gasteiger partial charge >= 0.3 is 0 Å². The highest BCUT2D eigenvalue weighted by Crippen LogP contribution is 2.41. The predicted octanol–water partition coefficient (Wildman–Crippen LogP) is 4.42. The van der Waals surface area contributed by atoms with Gasteiger partial charge in [-0.2, -0.15) is 0 Å². The van der Waals surface area contributed by atoms with E-state index in [1.807, 2.05) is 50.2 Å². The van der Waals surface area contributed by atoms with Crippen molar-refractivity contribution >= 4 is 23.3 Å². The summed E-state index contributed by atoms with van der Waals surface area (Å²) in [7, 11) is 0. The summed E-state index contributed by atoms with van der Waals surface area (Å²) in [6, 6.07) is 16.4. The normalized spacial score (nSPS) is 22.3. The molecular formula is C17H17ClN2O. The van der Waals surface area contributed by atoms with Crippen LogP contribution in [-0.2, 0) is 10.3 Å². The Kier molecular flexibility index (Phi) is 3.60. The molecule has 0 bridgehead atoms. The minimum absolute atomic E-state index is 0.540. The third-order valence-corrected chi connectivity index (χ3v) is 3.90. The van der Waals surface area contributed by atoms with E-state index >= 15 is 0 Å². The minimum Gasteiger partial charge on any atom is -0.449 e. The van der Waals surface area contributed by atoms with Gasteiger partial charge in [0.2, 0.25) is 0 Å². The Balaban J connectivity index is 2.19. The van der Waals surface area contributed by atoms with Crippen LogP contribution < -0.4 is 5.32 Å². The highest BCUT2D eigenvalue weighted by molar-refractivity contribution is 6.30. The van der Waals surface area contributed by atoms with Gasteiger partial charge in [-0.25, -0.2) is 4.99 Å². The molecule has 0 saturated heterocycles. The van der Waals surface area contributed by atoms with Crippen LogP contribution in [0.2, 0.25) is 5.02 Å². The van der Waals surface area contributed by atoms with E-state index in [0.717, 1.165) is 16.8 Å². The molecule has 0 aliphatic carbocycles. The Morgan fingerprint density at radius 3 is 2.67 bits per heavy atom. The van der Waals surface area contributed by atoms with E-state index in [1.54, 1.807) is 0 Å². The summed E-state index contributed by atoms with van der Waals surface area (Å²) in [6.07, 6.45) is 0. The number of fused-ring (bicyclic) bond motifs is 1. The standard InChI is InChI=1S/C17H17ClN2O/c1-3-19-16-20-15-10-9-13(18)11-14(15)17(2,21-16)12-7-5-4-6-8-12/h4-11H,3H2,1-2H3,(H,19,20)/i17+2. The summed E-state index contributed by atoms with van der Waals surface area (Å²) in [5.41, 5.74) is 2.44. The van der Waals surface area contributed by atoms with Gasteiger partial charge < -0.3 is 10.1 Å². The molecule has 0 amide bonds. The first kappa shape index (κ1) is 14.0. The largest absolute Gasteiger partial charge is 0.449 e. The molecule has 1 atom stereocenters. The summed E-state index contributed by atoms with van der Waals surface area (Å²) in [6.45, 7) is 4.69. The van der Waals surface area contributed by atoms with Crippen molar-refractivity contribution in [1.29, 1.82) is 0 Å². The lowest BCUT2D eigenvalue weighted by atomic mass is 10.2. The highest BCUT2D eigenvalue weighted by Gasteiger charge is 2.38. The van der Waals surface area contributed by atoms with Gasteiger partial charge in [0, 0.05) is 22.8 Å². The molecule has 3 nitrogen and oxygen atoms in total. The number of anilines is 1. The first-order chi connectivity index (χ1) is 10.1. The van der Waals surface area contributed by atoms with Crippen LogP contribution in [-0.4, -0.2) is 12.6 Å². The fourth-order valence-corrected chi connectivity index (χ4v) is 2.77. The predicted molar refractivity (Wildman–Crippen MR) is 87.0 cm³/mol. The maximum atomic E-state index is 6.18. The summed E-state index contributed by atoms with van der Waals surface area (Å²) in [5, 5.41) is 3.91. The first-order valence-corrected chi connectivity index (χ1v) is 7.37. The molecule has 0 radical (unpaired) electrons. The van der Waals surface area contributed by atoms with Crippen LogP contribution in [0.5, 0.6) is 0 Å². The number of halogens is 1. The van der Waals surface area contributed by atoms with Crippen molar-refractivity contribution in [2.24, 2.45) is 4.99 Å². The Bertz CT molecular complexity index is 684. The number of amidine groups is 1. The lowest BCUT2D eigenvalue weighted by molar-refractivity contribution is 0.112. The van der Waals surface area contributed by atoms with E-state index < -0.39 is 5.60 Å². The number of aliphatic imine (C=N–C) groups is 1.